The smallest absolute Gasteiger partial charge is 0.314 e. The molecule has 1 aromatic rings. The lowest BCUT2D eigenvalue weighted by molar-refractivity contribution is 0.125. The fraction of sp³-hybridized carbons (Fsp3) is 0.588. The fourth-order valence-electron chi connectivity index (χ4n) is 3.22. The van der Waals surface area contributed by atoms with Crippen LogP contribution in [0.4, 0.5) is 4.79 Å². The Morgan fingerprint density at radius 2 is 2.12 bits per heavy atom. The number of benzene rings is 1. The lowest BCUT2D eigenvalue weighted by atomic mass is 9.92. The number of carbonyl (C=O) groups excluding carboxylic acids is 1. The molecule has 146 valence electrons. The highest BCUT2D eigenvalue weighted by atomic mass is 32.2. The molecule has 2 atom stereocenters. The van der Waals surface area contributed by atoms with Crippen LogP contribution >= 0.6 is 0 Å². The zero-order chi connectivity index (χ0) is 19.3. The summed E-state index contributed by atoms with van der Waals surface area (Å²) >= 11 is 0. The number of nitrogens with zero attached hydrogens (tertiary/aromatic N) is 2. The van der Waals surface area contributed by atoms with Gasteiger partial charge in [0.05, 0.1) is 12.0 Å². The number of urea groups is 1. The summed E-state index contributed by atoms with van der Waals surface area (Å²) in [5, 5.41) is 5.36. The topological polar surface area (TPSA) is 91.0 Å². The Bertz CT molecular complexity index is 723. The number of sulfonamides is 1. The maximum Gasteiger partial charge on any atom is 0.314 e. The number of amides is 2. The molecule has 0 unspecified atom stereocenters. The van der Waals surface area contributed by atoms with Crippen molar-refractivity contribution >= 4 is 16.1 Å². The molecule has 0 spiro atoms. The van der Waals surface area contributed by atoms with Gasteiger partial charge in [-0.3, -0.25) is 0 Å². The van der Waals surface area contributed by atoms with Gasteiger partial charge in [-0.15, -0.1) is 0 Å². The summed E-state index contributed by atoms with van der Waals surface area (Å²) in [7, 11) is 3.35. The van der Waals surface area contributed by atoms with Crippen LogP contribution < -0.4 is 15.4 Å². The summed E-state index contributed by atoms with van der Waals surface area (Å²) < 4.78 is 32.7. The van der Waals surface area contributed by atoms with Crippen LogP contribution in [0.25, 0.3) is 0 Å². The monoisotopic (exact) mass is 384 g/mol. The number of piperidine rings is 1. The SMILES string of the molecule is CNC(=O)NC[C@H]1CCN(S(=O)(=O)c2cccc(OC)c2)C[C@H]1N(C)C. The number of nitrogens with one attached hydrogen (secondary N) is 2. The third-order valence-electron chi connectivity index (χ3n) is 4.78. The molecule has 2 N–H and O–H groups in total. The molecule has 1 saturated heterocycles. The first-order valence-corrected chi connectivity index (χ1v) is 9.99. The van der Waals surface area contributed by atoms with E-state index < -0.39 is 10.0 Å². The van der Waals surface area contributed by atoms with Crippen LogP contribution in [-0.2, 0) is 10.0 Å². The Kier molecular flexibility index (Phi) is 6.85. The van der Waals surface area contributed by atoms with Gasteiger partial charge in [0.25, 0.3) is 0 Å². The third kappa shape index (κ3) is 4.66. The fourth-order valence-corrected chi connectivity index (χ4v) is 4.72. The standard InChI is InChI=1S/C17H28N4O4S/c1-18-17(22)19-11-13-8-9-21(12-16(13)20(2)3)26(23,24)15-7-5-6-14(10-15)25-4/h5-7,10,13,16H,8-9,11-12H2,1-4H3,(H2,18,19,22)/t13-,16-/m1/s1. The van der Waals surface area contributed by atoms with Gasteiger partial charge >= 0.3 is 6.03 Å². The van der Waals surface area contributed by atoms with Crippen molar-refractivity contribution in [3.8, 4) is 5.75 Å². The van der Waals surface area contributed by atoms with Crippen LogP contribution in [0.3, 0.4) is 0 Å². The van der Waals surface area contributed by atoms with Crippen LogP contribution in [0.1, 0.15) is 6.42 Å². The average Bonchev–Trinajstić information content (AvgIpc) is 2.65. The minimum absolute atomic E-state index is 0.0151. The maximum atomic E-state index is 13.0. The van der Waals surface area contributed by atoms with Crippen LogP contribution in [0.15, 0.2) is 29.2 Å². The van der Waals surface area contributed by atoms with Crippen molar-refractivity contribution in [1.29, 1.82) is 0 Å². The van der Waals surface area contributed by atoms with Gasteiger partial charge in [-0.2, -0.15) is 4.31 Å². The predicted molar refractivity (Wildman–Crippen MR) is 99.8 cm³/mol. The van der Waals surface area contributed by atoms with Crippen LogP contribution in [-0.4, -0.2) is 77.6 Å². The molecule has 1 aliphatic heterocycles. The molecule has 1 aliphatic rings. The van der Waals surface area contributed by atoms with Gasteiger partial charge in [0, 0.05) is 38.8 Å². The van der Waals surface area contributed by atoms with E-state index in [1.807, 2.05) is 19.0 Å². The molecule has 1 fully saturated rings. The zero-order valence-corrected chi connectivity index (χ0v) is 16.5. The molecule has 2 rings (SSSR count). The number of ether oxygens (including phenoxy) is 1. The Morgan fingerprint density at radius 3 is 2.73 bits per heavy atom. The minimum Gasteiger partial charge on any atom is -0.497 e. The molecule has 1 aromatic carbocycles. The Balaban J connectivity index is 2.15. The summed E-state index contributed by atoms with van der Waals surface area (Å²) in [4.78, 5) is 13.7. The number of hydrogen-bond acceptors (Lipinski definition) is 5. The van der Waals surface area contributed by atoms with Crippen molar-refractivity contribution in [2.75, 3.05) is 47.9 Å². The first-order valence-electron chi connectivity index (χ1n) is 8.55. The zero-order valence-electron chi connectivity index (χ0n) is 15.7. The Labute approximate surface area is 155 Å². The lowest BCUT2D eigenvalue weighted by Crippen LogP contribution is -2.54. The second-order valence-electron chi connectivity index (χ2n) is 6.58. The van der Waals surface area contributed by atoms with Gasteiger partial charge < -0.3 is 20.3 Å². The molecule has 0 aromatic heterocycles. The van der Waals surface area contributed by atoms with Gasteiger partial charge in [0.1, 0.15) is 5.75 Å². The largest absolute Gasteiger partial charge is 0.497 e. The Morgan fingerprint density at radius 1 is 1.38 bits per heavy atom. The van der Waals surface area contributed by atoms with Crippen molar-refractivity contribution in [3.05, 3.63) is 24.3 Å². The van der Waals surface area contributed by atoms with E-state index in [2.05, 4.69) is 10.6 Å². The number of rotatable bonds is 6. The van der Waals surface area contributed by atoms with E-state index in [4.69, 9.17) is 4.74 Å². The van der Waals surface area contributed by atoms with Crippen molar-refractivity contribution in [2.24, 2.45) is 5.92 Å². The molecule has 0 bridgehead atoms. The highest BCUT2D eigenvalue weighted by Gasteiger charge is 2.36. The molecular formula is C17H28N4O4S. The molecule has 9 heteroatoms. The van der Waals surface area contributed by atoms with E-state index >= 15 is 0 Å². The molecule has 8 nitrogen and oxygen atoms in total. The van der Waals surface area contributed by atoms with Gasteiger partial charge in [-0.1, -0.05) is 6.07 Å². The van der Waals surface area contributed by atoms with E-state index in [-0.39, 0.29) is 22.9 Å². The summed E-state index contributed by atoms with van der Waals surface area (Å²) in [5.74, 6) is 0.693. The second-order valence-corrected chi connectivity index (χ2v) is 8.52. The third-order valence-corrected chi connectivity index (χ3v) is 6.64. The van der Waals surface area contributed by atoms with Crippen LogP contribution in [0, 0.1) is 5.92 Å². The normalized spacial score (nSPS) is 21.4. The Hall–Kier alpha value is -1.84. The van der Waals surface area contributed by atoms with E-state index in [1.165, 1.54) is 11.4 Å². The van der Waals surface area contributed by atoms with Crippen LogP contribution in [0.2, 0.25) is 0 Å². The van der Waals surface area contributed by atoms with E-state index in [9.17, 15) is 13.2 Å². The lowest BCUT2D eigenvalue weighted by Gasteiger charge is -2.41. The first-order chi connectivity index (χ1) is 12.3. The van der Waals surface area contributed by atoms with Crippen molar-refractivity contribution in [2.45, 2.75) is 17.4 Å². The highest BCUT2D eigenvalue weighted by molar-refractivity contribution is 7.89. The molecule has 26 heavy (non-hydrogen) atoms. The van der Waals surface area contributed by atoms with Crippen LogP contribution in [0.5, 0.6) is 5.75 Å². The molecular weight excluding hydrogens is 356 g/mol. The maximum absolute atomic E-state index is 13.0. The second kappa shape index (κ2) is 8.70. The van der Waals surface area contributed by atoms with Gasteiger partial charge in [-0.05, 0) is 38.6 Å². The van der Waals surface area contributed by atoms with Gasteiger partial charge in [0.2, 0.25) is 10.0 Å². The van der Waals surface area contributed by atoms with E-state index in [1.54, 1.807) is 31.3 Å². The van der Waals surface area contributed by atoms with Crippen molar-refractivity contribution < 1.29 is 17.9 Å². The van der Waals surface area contributed by atoms with Crippen molar-refractivity contribution in [1.82, 2.24) is 19.8 Å². The van der Waals surface area contributed by atoms with E-state index in [0.29, 0.717) is 31.8 Å². The minimum atomic E-state index is -3.59. The molecule has 2 amide bonds. The van der Waals surface area contributed by atoms with E-state index in [0.717, 1.165) is 0 Å². The number of hydrogen-bond donors (Lipinski definition) is 2. The molecule has 0 radical (unpaired) electrons. The highest BCUT2D eigenvalue weighted by Crippen LogP contribution is 2.27. The summed E-state index contributed by atoms with van der Waals surface area (Å²) in [5.41, 5.74) is 0. The summed E-state index contributed by atoms with van der Waals surface area (Å²) in [6.45, 7) is 1.31. The van der Waals surface area contributed by atoms with Gasteiger partial charge in [-0.25, -0.2) is 13.2 Å². The first kappa shape index (κ1) is 20.5. The number of methoxy groups -OCH3 is 1. The predicted octanol–water partition coefficient (Wildman–Crippen LogP) is 0.565. The summed E-state index contributed by atoms with van der Waals surface area (Å²) in [6, 6.07) is 6.31. The molecule has 0 aliphatic carbocycles. The summed E-state index contributed by atoms with van der Waals surface area (Å²) in [6.07, 6.45) is 0.677. The quantitative estimate of drug-likeness (QED) is 0.748. The average molecular weight is 385 g/mol. The van der Waals surface area contributed by atoms with Crippen molar-refractivity contribution in [3.63, 3.8) is 0 Å². The molecule has 0 saturated carbocycles. The number of likely N-dealkylation sites (N-methyl/N-ethyl adjacent to an activating group) is 1. The molecule has 1 heterocycles. The number of carbonyl (C=O) groups is 1. The van der Waals surface area contributed by atoms with Gasteiger partial charge in [0.15, 0.2) is 0 Å².